The highest BCUT2D eigenvalue weighted by molar-refractivity contribution is 5.93. The first-order chi connectivity index (χ1) is 14.1. The molecule has 1 amide bonds. The Labute approximate surface area is 165 Å². The Hall–Kier alpha value is -3.74. The van der Waals surface area contributed by atoms with Gasteiger partial charge in [-0.2, -0.15) is 5.10 Å². The first-order valence-electron chi connectivity index (χ1n) is 9.32. The highest BCUT2D eigenvalue weighted by Gasteiger charge is 2.24. The van der Waals surface area contributed by atoms with Crippen LogP contribution < -0.4 is 5.56 Å². The van der Waals surface area contributed by atoms with E-state index in [1.165, 1.54) is 16.7 Å². The van der Waals surface area contributed by atoms with E-state index in [1.807, 2.05) is 18.2 Å². The van der Waals surface area contributed by atoms with Crippen LogP contribution in [-0.2, 0) is 13.0 Å². The van der Waals surface area contributed by atoms with Gasteiger partial charge in [0.05, 0.1) is 5.52 Å². The van der Waals surface area contributed by atoms with E-state index in [-0.39, 0.29) is 17.3 Å². The van der Waals surface area contributed by atoms with E-state index in [2.05, 4.69) is 5.10 Å². The van der Waals surface area contributed by atoms with Crippen LogP contribution in [0.4, 0.5) is 4.39 Å². The van der Waals surface area contributed by atoms with Gasteiger partial charge in [-0.3, -0.25) is 14.2 Å². The van der Waals surface area contributed by atoms with Crippen molar-refractivity contribution in [1.29, 1.82) is 0 Å². The van der Waals surface area contributed by atoms with Gasteiger partial charge >= 0.3 is 0 Å². The molecule has 1 aliphatic heterocycles. The Kier molecular flexibility index (Phi) is 4.01. The molecule has 0 fully saturated rings. The van der Waals surface area contributed by atoms with Crippen LogP contribution in [0.5, 0.6) is 0 Å². The van der Waals surface area contributed by atoms with Gasteiger partial charge in [0.2, 0.25) is 0 Å². The minimum Gasteiger partial charge on any atom is -0.333 e. The third-order valence-electron chi connectivity index (χ3n) is 5.23. The number of fused-ring (bicyclic) bond motifs is 2. The second kappa shape index (κ2) is 6.70. The predicted molar refractivity (Wildman–Crippen MR) is 106 cm³/mol. The van der Waals surface area contributed by atoms with E-state index in [0.29, 0.717) is 30.9 Å². The van der Waals surface area contributed by atoms with Crippen LogP contribution in [0.25, 0.3) is 11.2 Å². The summed E-state index contributed by atoms with van der Waals surface area (Å²) in [5, 5.41) is 4.37. The molecular weight excluding hydrogens is 371 g/mol. The highest BCUT2D eigenvalue weighted by Crippen LogP contribution is 2.21. The summed E-state index contributed by atoms with van der Waals surface area (Å²) in [6.45, 7) is 0.920. The molecule has 0 unspecified atom stereocenters. The maximum Gasteiger partial charge on any atom is 0.274 e. The Morgan fingerprint density at radius 3 is 2.66 bits per heavy atom. The van der Waals surface area contributed by atoms with Crippen LogP contribution in [0.1, 0.15) is 21.6 Å². The Morgan fingerprint density at radius 1 is 1.03 bits per heavy atom. The first-order valence-corrected chi connectivity index (χ1v) is 9.32. The van der Waals surface area contributed by atoms with Gasteiger partial charge in [0.15, 0.2) is 5.69 Å². The summed E-state index contributed by atoms with van der Waals surface area (Å²) in [7, 11) is 0. The second-order valence-electron chi connectivity index (χ2n) is 7.08. The molecule has 6 nitrogen and oxygen atoms in total. The summed E-state index contributed by atoms with van der Waals surface area (Å²) in [5.41, 5.74) is 3.51. The van der Waals surface area contributed by atoms with Gasteiger partial charge in [-0.1, -0.05) is 6.07 Å². The van der Waals surface area contributed by atoms with Gasteiger partial charge < -0.3 is 4.90 Å². The highest BCUT2D eigenvalue weighted by atomic mass is 19.1. The van der Waals surface area contributed by atoms with E-state index < -0.39 is 0 Å². The van der Waals surface area contributed by atoms with Crippen molar-refractivity contribution in [3.63, 3.8) is 0 Å². The van der Waals surface area contributed by atoms with E-state index >= 15 is 0 Å². The largest absolute Gasteiger partial charge is 0.333 e. The minimum absolute atomic E-state index is 0.140. The van der Waals surface area contributed by atoms with Gasteiger partial charge in [0, 0.05) is 37.2 Å². The third-order valence-corrected chi connectivity index (χ3v) is 5.23. The molecule has 0 aliphatic carbocycles. The number of hydrogen-bond donors (Lipinski definition) is 0. The monoisotopic (exact) mass is 388 g/mol. The van der Waals surface area contributed by atoms with Crippen LogP contribution in [-0.4, -0.2) is 31.5 Å². The van der Waals surface area contributed by atoms with E-state index in [9.17, 15) is 14.0 Å². The molecule has 0 bridgehead atoms. The van der Waals surface area contributed by atoms with Crippen molar-refractivity contribution in [2.45, 2.75) is 13.0 Å². The van der Waals surface area contributed by atoms with Gasteiger partial charge in [0.1, 0.15) is 5.82 Å². The average Bonchev–Trinajstić information content (AvgIpc) is 3.17. The van der Waals surface area contributed by atoms with E-state index in [4.69, 9.17) is 0 Å². The fraction of sp³-hybridized carbons (Fsp3) is 0.136. The molecule has 144 valence electrons. The minimum atomic E-state index is -0.357. The van der Waals surface area contributed by atoms with Crippen LogP contribution >= 0.6 is 0 Å². The van der Waals surface area contributed by atoms with Crippen LogP contribution in [0.3, 0.4) is 0 Å². The maximum atomic E-state index is 13.2. The molecular formula is C22H17FN4O2. The number of carbonyl (C=O) groups is 1. The molecule has 7 heteroatoms. The summed E-state index contributed by atoms with van der Waals surface area (Å²) in [5.74, 6) is -0.497. The quantitative estimate of drug-likeness (QED) is 0.531. The third kappa shape index (κ3) is 3.10. The van der Waals surface area contributed by atoms with Crippen molar-refractivity contribution in [1.82, 2.24) is 19.1 Å². The van der Waals surface area contributed by atoms with Crippen molar-refractivity contribution in [2.24, 2.45) is 0 Å². The van der Waals surface area contributed by atoms with Crippen molar-refractivity contribution in [2.75, 3.05) is 6.54 Å². The Balaban J connectivity index is 1.46. The lowest BCUT2D eigenvalue weighted by Crippen LogP contribution is -2.37. The molecule has 5 rings (SSSR count). The first kappa shape index (κ1) is 17.4. The smallest absolute Gasteiger partial charge is 0.274 e. The Morgan fingerprint density at radius 2 is 1.86 bits per heavy atom. The molecule has 0 radical (unpaired) electrons. The summed E-state index contributed by atoms with van der Waals surface area (Å²) in [6, 6.07) is 14.8. The fourth-order valence-electron chi connectivity index (χ4n) is 3.71. The SMILES string of the molecule is O=C(c1cc2ccccn2n1)N1CCc2cc(=O)n(-c3ccc(F)cc3)cc2C1. The van der Waals surface area contributed by atoms with Crippen molar-refractivity contribution < 1.29 is 9.18 Å². The molecule has 0 N–H and O–H groups in total. The standard InChI is InChI=1S/C22H17FN4O2/c23-17-4-6-18(7-5-17)26-14-16-13-25(10-8-15(16)11-21(26)28)22(29)20-12-19-3-1-2-9-27(19)24-20/h1-7,9,11-12,14H,8,10,13H2. The molecule has 0 saturated heterocycles. The number of pyridine rings is 2. The molecule has 0 atom stereocenters. The molecule has 0 saturated carbocycles. The zero-order chi connectivity index (χ0) is 20.0. The molecule has 1 aromatic carbocycles. The van der Waals surface area contributed by atoms with Gasteiger partial charge in [-0.05, 0) is 60.0 Å². The number of rotatable bonds is 2. The lowest BCUT2D eigenvalue weighted by Gasteiger charge is -2.28. The molecule has 0 spiro atoms. The van der Waals surface area contributed by atoms with Crippen LogP contribution in [0.15, 0.2) is 71.8 Å². The lowest BCUT2D eigenvalue weighted by molar-refractivity contribution is 0.0728. The Bertz CT molecular complexity index is 1260. The van der Waals surface area contributed by atoms with Gasteiger partial charge in [0.25, 0.3) is 11.5 Å². The number of carbonyl (C=O) groups excluding carboxylic acids is 1. The number of amides is 1. The topological polar surface area (TPSA) is 59.6 Å². The molecule has 1 aliphatic rings. The summed E-state index contributed by atoms with van der Waals surface area (Å²) in [4.78, 5) is 27.2. The number of aromatic nitrogens is 3. The van der Waals surface area contributed by atoms with Crippen LogP contribution in [0.2, 0.25) is 0 Å². The summed E-state index contributed by atoms with van der Waals surface area (Å²) in [6.07, 6.45) is 4.15. The van der Waals surface area contributed by atoms with Crippen molar-refractivity contribution in [3.8, 4) is 5.69 Å². The lowest BCUT2D eigenvalue weighted by atomic mass is 10.0. The second-order valence-corrected chi connectivity index (χ2v) is 7.08. The van der Waals surface area contributed by atoms with Crippen molar-refractivity contribution >= 4 is 11.4 Å². The number of benzene rings is 1. The van der Waals surface area contributed by atoms with E-state index in [0.717, 1.165) is 16.6 Å². The molecule has 29 heavy (non-hydrogen) atoms. The summed E-state index contributed by atoms with van der Waals surface area (Å²) < 4.78 is 16.4. The van der Waals surface area contributed by atoms with Crippen molar-refractivity contribution in [3.05, 3.63) is 100.0 Å². The fourth-order valence-corrected chi connectivity index (χ4v) is 3.71. The normalized spacial score (nSPS) is 13.5. The van der Waals surface area contributed by atoms with Gasteiger partial charge in [-0.15, -0.1) is 0 Å². The average molecular weight is 388 g/mol. The number of nitrogens with zero attached hydrogens (tertiary/aromatic N) is 4. The number of hydrogen-bond acceptors (Lipinski definition) is 3. The maximum absolute atomic E-state index is 13.2. The zero-order valence-electron chi connectivity index (χ0n) is 15.5. The van der Waals surface area contributed by atoms with Crippen LogP contribution in [0, 0.1) is 5.82 Å². The molecule has 4 heterocycles. The molecule has 3 aromatic heterocycles. The number of halogens is 1. The summed E-state index contributed by atoms with van der Waals surface area (Å²) >= 11 is 0. The predicted octanol–water partition coefficient (Wildman–Crippen LogP) is 2.82. The molecule has 4 aromatic rings. The zero-order valence-corrected chi connectivity index (χ0v) is 15.5. The van der Waals surface area contributed by atoms with Gasteiger partial charge in [-0.25, -0.2) is 8.91 Å². The van der Waals surface area contributed by atoms with E-state index in [1.54, 1.807) is 46.1 Å².